The molecule has 0 fully saturated rings. The molecule has 0 aromatic heterocycles. The molecular formula is C71H123N2O6P. The van der Waals surface area contributed by atoms with Crippen molar-refractivity contribution in [1.82, 2.24) is 5.32 Å². The van der Waals surface area contributed by atoms with Crippen LogP contribution in [0.25, 0.3) is 0 Å². The molecule has 1 amide bonds. The van der Waals surface area contributed by atoms with Crippen LogP contribution in [0.15, 0.2) is 134 Å². The highest BCUT2D eigenvalue weighted by Gasteiger charge is 2.23. The summed E-state index contributed by atoms with van der Waals surface area (Å²) in [5, 5.41) is 13.9. The Labute approximate surface area is 494 Å². The minimum Gasteiger partial charge on any atom is -0.756 e. The highest BCUT2D eigenvalue weighted by atomic mass is 31.2. The summed E-state index contributed by atoms with van der Waals surface area (Å²) in [5.74, 6) is -0.230. The Kier molecular flexibility index (Phi) is 57.7. The van der Waals surface area contributed by atoms with Crippen LogP contribution in [0.2, 0.25) is 0 Å². The number of carbonyl (C=O) groups excluding carboxylic acids is 1. The van der Waals surface area contributed by atoms with Crippen LogP contribution in [-0.2, 0) is 18.4 Å². The van der Waals surface area contributed by atoms with Crippen molar-refractivity contribution in [2.24, 2.45) is 0 Å². The lowest BCUT2D eigenvalue weighted by molar-refractivity contribution is -0.870. The van der Waals surface area contributed by atoms with E-state index in [0.717, 1.165) is 122 Å². The lowest BCUT2D eigenvalue weighted by Crippen LogP contribution is -2.45. The Morgan fingerprint density at radius 1 is 0.450 bits per heavy atom. The highest BCUT2D eigenvalue weighted by Crippen LogP contribution is 2.38. The van der Waals surface area contributed by atoms with Gasteiger partial charge in [-0.15, -0.1) is 0 Å². The zero-order chi connectivity index (χ0) is 58.4. The van der Waals surface area contributed by atoms with E-state index in [1.165, 1.54) is 116 Å². The standard InChI is InChI=1S/C71H123N2O6P/c1-6-8-10-12-14-16-18-20-22-24-26-28-30-32-34-35-36-37-39-41-43-45-47-49-51-53-55-57-59-61-63-65-71(75)72-69(68-79-80(76,77)78-67-66-73(3,4)5)70(74)64-62-60-58-56-54-52-50-48-46-44-42-40-38-33-31-29-27-25-23-21-19-17-15-13-11-9-7-2/h8,10,14,16,20,22,26,28,32,34,36-37,41,43,46-49,54,56,62,64,69-70,74H,6-7,9,11-13,15,17-19,21,23-25,27,29-31,33,35,38-40,42,44-45,50-53,55,57-61,63,65-68H2,1-5H3,(H-,72,75,76,77)/b10-8-,16-14-,22-20-,28-26-,34-32-,37-36-,43-41-,48-46+,49-47-,56-54+,64-62+. The second kappa shape index (κ2) is 60.2. The monoisotopic (exact) mass is 1130 g/mol. The fraction of sp³-hybridized carbons (Fsp3) is 0.676. The minimum atomic E-state index is -4.63. The van der Waals surface area contributed by atoms with E-state index in [0.29, 0.717) is 17.4 Å². The normalized spacial score (nSPS) is 14.6. The molecular weight excluding hydrogens is 1010 g/mol. The van der Waals surface area contributed by atoms with Gasteiger partial charge in [0.1, 0.15) is 13.2 Å². The van der Waals surface area contributed by atoms with Gasteiger partial charge in [0.25, 0.3) is 7.82 Å². The van der Waals surface area contributed by atoms with Gasteiger partial charge in [0.2, 0.25) is 5.91 Å². The summed E-state index contributed by atoms with van der Waals surface area (Å²) in [7, 11) is 1.21. The molecule has 3 atom stereocenters. The summed E-state index contributed by atoms with van der Waals surface area (Å²) in [5.41, 5.74) is 0. The molecule has 0 spiro atoms. The van der Waals surface area contributed by atoms with E-state index in [9.17, 15) is 19.4 Å². The van der Waals surface area contributed by atoms with Crippen LogP contribution < -0.4 is 10.2 Å². The molecule has 0 saturated carbocycles. The van der Waals surface area contributed by atoms with Crippen LogP contribution in [0.1, 0.15) is 258 Å². The molecule has 3 unspecified atom stereocenters. The molecule has 0 aliphatic carbocycles. The summed E-state index contributed by atoms with van der Waals surface area (Å²) in [6.07, 6.45) is 91.2. The fourth-order valence-corrected chi connectivity index (χ4v) is 9.51. The smallest absolute Gasteiger partial charge is 0.268 e. The number of phosphoric acid groups is 1. The van der Waals surface area contributed by atoms with Gasteiger partial charge in [-0.3, -0.25) is 9.36 Å². The molecule has 0 aromatic rings. The molecule has 0 aliphatic rings. The number of nitrogens with zero attached hydrogens (tertiary/aromatic N) is 1. The molecule has 0 rings (SSSR count). The number of nitrogens with one attached hydrogen (secondary N) is 1. The van der Waals surface area contributed by atoms with Crippen molar-refractivity contribution in [1.29, 1.82) is 0 Å². The van der Waals surface area contributed by atoms with Gasteiger partial charge in [-0.25, -0.2) is 0 Å². The maximum atomic E-state index is 13.0. The van der Waals surface area contributed by atoms with Crippen molar-refractivity contribution in [2.45, 2.75) is 270 Å². The number of allylic oxidation sites excluding steroid dienone is 21. The van der Waals surface area contributed by atoms with Gasteiger partial charge in [-0.05, 0) is 109 Å². The molecule has 0 heterocycles. The van der Waals surface area contributed by atoms with E-state index < -0.39 is 26.6 Å². The summed E-state index contributed by atoms with van der Waals surface area (Å²) in [6.45, 7) is 4.50. The summed E-state index contributed by atoms with van der Waals surface area (Å²) in [6, 6.07) is -0.930. The molecule has 0 aliphatic heterocycles. The van der Waals surface area contributed by atoms with E-state index in [2.05, 4.69) is 141 Å². The van der Waals surface area contributed by atoms with Gasteiger partial charge < -0.3 is 28.8 Å². The van der Waals surface area contributed by atoms with Gasteiger partial charge in [-0.2, -0.15) is 0 Å². The van der Waals surface area contributed by atoms with Crippen LogP contribution in [0.3, 0.4) is 0 Å². The van der Waals surface area contributed by atoms with Crippen molar-refractivity contribution in [3.05, 3.63) is 134 Å². The van der Waals surface area contributed by atoms with Crippen LogP contribution >= 0.6 is 7.82 Å². The molecule has 458 valence electrons. The number of rotatable bonds is 58. The predicted octanol–water partition coefficient (Wildman–Crippen LogP) is 20.0. The second-order valence-electron chi connectivity index (χ2n) is 22.7. The molecule has 0 saturated heterocycles. The SMILES string of the molecule is CC/C=C\C/C=C\C/C=C\C/C=C\C/C=C\C/C=C\C/C=C\C/C=C\CCCCCCCCC(=O)NC(COP(=O)([O-])OCC[N+](C)(C)C)C(O)/C=C/CC/C=C/CC/C=C/CCCCCCCCCCCCCCCCCCC. The first-order valence-corrected chi connectivity index (χ1v) is 34.0. The number of aliphatic hydroxyl groups is 1. The highest BCUT2D eigenvalue weighted by molar-refractivity contribution is 7.45. The Balaban J connectivity index is 4.29. The van der Waals surface area contributed by atoms with Crippen molar-refractivity contribution in [3.63, 3.8) is 0 Å². The molecule has 9 heteroatoms. The van der Waals surface area contributed by atoms with Gasteiger partial charge in [-0.1, -0.05) is 276 Å². The zero-order valence-electron chi connectivity index (χ0n) is 52.2. The summed E-state index contributed by atoms with van der Waals surface area (Å²) >= 11 is 0. The quantitative estimate of drug-likeness (QED) is 0.0272. The third kappa shape index (κ3) is 62.2. The number of hydrogen-bond acceptors (Lipinski definition) is 6. The Bertz CT molecular complexity index is 1760. The predicted molar refractivity (Wildman–Crippen MR) is 348 cm³/mol. The lowest BCUT2D eigenvalue weighted by atomic mass is 10.0. The third-order valence-corrected chi connectivity index (χ3v) is 14.8. The van der Waals surface area contributed by atoms with Crippen LogP contribution in [-0.4, -0.2) is 68.5 Å². The minimum absolute atomic E-state index is 0.0195. The second-order valence-corrected chi connectivity index (χ2v) is 24.1. The maximum absolute atomic E-state index is 13.0. The van der Waals surface area contributed by atoms with E-state index in [1.807, 2.05) is 27.2 Å². The molecule has 8 nitrogen and oxygen atoms in total. The molecule has 0 aromatic carbocycles. The third-order valence-electron chi connectivity index (χ3n) is 13.8. The number of likely N-dealkylation sites (N-methyl/N-ethyl adjacent to an activating group) is 1. The first-order chi connectivity index (χ1) is 39.0. The lowest BCUT2D eigenvalue weighted by Gasteiger charge is -2.29. The van der Waals surface area contributed by atoms with Crippen molar-refractivity contribution >= 4 is 13.7 Å². The van der Waals surface area contributed by atoms with E-state index in [1.54, 1.807) is 6.08 Å². The first kappa shape index (κ1) is 76.6. The molecule has 0 radical (unpaired) electrons. The average molecular weight is 1130 g/mol. The van der Waals surface area contributed by atoms with Crippen LogP contribution in [0.4, 0.5) is 0 Å². The van der Waals surface area contributed by atoms with E-state index in [-0.39, 0.29) is 12.5 Å². The Morgan fingerprint density at radius 3 is 1.16 bits per heavy atom. The average Bonchev–Trinajstić information content (AvgIpc) is 3.42. The van der Waals surface area contributed by atoms with Crippen molar-refractivity contribution in [2.75, 3.05) is 40.9 Å². The topological polar surface area (TPSA) is 108 Å². The molecule has 0 bridgehead atoms. The number of carbonyl (C=O) groups is 1. The number of unbranched alkanes of at least 4 members (excludes halogenated alkanes) is 25. The van der Waals surface area contributed by atoms with Crippen molar-refractivity contribution < 1.29 is 32.9 Å². The largest absolute Gasteiger partial charge is 0.756 e. The van der Waals surface area contributed by atoms with Gasteiger partial charge in [0.05, 0.1) is 39.9 Å². The van der Waals surface area contributed by atoms with E-state index >= 15 is 0 Å². The van der Waals surface area contributed by atoms with E-state index in [4.69, 9.17) is 9.05 Å². The molecule has 80 heavy (non-hydrogen) atoms. The number of quaternary nitrogens is 1. The summed E-state index contributed by atoms with van der Waals surface area (Å²) in [4.78, 5) is 25.6. The number of hydrogen-bond donors (Lipinski definition) is 2. The zero-order valence-corrected chi connectivity index (χ0v) is 53.1. The Hall–Kier alpha value is -3.36. The van der Waals surface area contributed by atoms with Gasteiger partial charge in [0.15, 0.2) is 0 Å². The number of amides is 1. The number of aliphatic hydroxyl groups excluding tert-OH is 1. The Morgan fingerprint density at radius 2 is 0.775 bits per heavy atom. The van der Waals surface area contributed by atoms with Crippen LogP contribution in [0, 0.1) is 0 Å². The van der Waals surface area contributed by atoms with Crippen LogP contribution in [0.5, 0.6) is 0 Å². The van der Waals surface area contributed by atoms with Gasteiger partial charge >= 0.3 is 0 Å². The van der Waals surface area contributed by atoms with Gasteiger partial charge in [0, 0.05) is 6.42 Å². The van der Waals surface area contributed by atoms with Crippen molar-refractivity contribution in [3.8, 4) is 0 Å². The summed E-state index contributed by atoms with van der Waals surface area (Å²) < 4.78 is 23.4. The molecule has 2 N–H and O–H groups in total. The maximum Gasteiger partial charge on any atom is 0.268 e. The number of phosphoric ester groups is 1. The first-order valence-electron chi connectivity index (χ1n) is 32.5. The fourth-order valence-electron chi connectivity index (χ4n) is 8.79.